The standard InChI is InChI=1S/C10H14ClN/c1-4-10(2,3)8-5-6-12-9(11)7-8/h5-7H,4H2,1-3H3. The zero-order chi connectivity index (χ0) is 9.19. The van der Waals surface area contributed by atoms with Gasteiger partial charge in [-0.2, -0.15) is 0 Å². The van der Waals surface area contributed by atoms with Crippen molar-refractivity contribution in [3.05, 3.63) is 29.0 Å². The molecule has 0 bridgehead atoms. The van der Waals surface area contributed by atoms with Gasteiger partial charge in [0.05, 0.1) is 0 Å². The Kier molecular flexibility index (Phi) is 2.73. The summed E-state index contributed by atoms with van der Waals surface area (Å²) < 4.78 is 0. The number of rotatable bonds is 2. The van der Waals surface area contributed by atoms with Crippen molar-refractivity contribution >= 4 is 11.6 Å². The lowest BCUT2D eigenvalue weighted by Crippen LogP contribution is -2.15. The minimum atomic E-state index is 0.201. The highest BCUT2D eigenvalue weighted by atomic mass is 35.5. The summed E-state index contributed by atoms with van der Waals surface area (Å²) in [7, 11) is 0. The van der Waals surface area contributed by atoms with E-state index in [4.69, 9.17) is 11.6 Å². The summed E-state index contributed by atoms with van der Waals surface area (Å²) in [4.78, 5) is 3.95. The lowest BCUT2D eigenvalue weighted by atomic mass is 9.83. The van der Waals surface area contributed by atoms with Gasteiger partial charge in [-0.15, -0.1) is 0 Å². The quantitative estimate of drug-likeness (QED) is 0.641. The average molecular weight is 184 g/mol. The third-order valence-electron chi connectivity index (χ3n) is 2.39. The monoisotopic (exact) mass is 183 g/mol. The largest absolute Gasteiger partial charge is 0.245 e. The smallest absolute Gasteiger partial charge is 0.129 e. The topological polar surface area (TPSA) is 12.9 Å². The van der Waals surface area contributed by atoms with E-state index in [2.05, 4.69) is 25.8 Å². The lowest BCUT2D eigenvalue weighted by molar-refractivity contribution is 0.505. The maximum atomic E-state index is 5.80. The van der Waals surface area contributed by atoms with Crippen LogP contribution in [0.2, 0.25) is 5.15 Å². The second-order valence-corrected chi connectivity index (χ2v) is 3.99. The average Bonchev–Trinajstić information content (AvgIpc) is 2.05. The molecular formula is C10H14ClN. The summed E-state index contributed by atoms with van der Waals surface area (Å²) in [6.45, 7) is 6.59. The molecule has 1 nitrogen and oxygen atoms in total. The van der Waals surface area contributed by atoms with Gasteiger partial charge >= 0.3 is 0 Å². The van der Waals surface area contributed by atoms with Crippen molar-refractivity contribution in [1.29, 1.82) is 0 Å². The molecule has 0 saturated carbocycles. The highest BCUT2D eigenvalue weighted by Crippen LogP contribution is 2.27. The molecule has 0 aliphatic carbocycles. The second-order valence-electron chi connectivity index (χ2n) is 3.60. The molecular weight excluding hydrogens is 170 g/mol. The van der Waals surface area contributed by atoms with Crippen LogP contribution in [-0.2, 0) is 5.41 Å². The molecule has 2 heteroatoms. The Bertz CT molecular complexity index is 268. The number of nitrogens with zero attached hydrogens (tertiary/aromatic N) is 1. The Morgan fingerprint density at radius 1 is 1.50 bits per heavy atom. The van der Waals surface area contributed by atoms with Crippen LogP contribution < -0.4 is 0 Å². The van der Waals surface area contributed by atoms with E-state index < -0.39 is 0 Å². The van der Waals surface area contributed by atoms with E-state index in [1.165, 1.54) is 5.56 Å². The van der Waals surface area contributed by atoms with Crippen molar-refractivity contribution in [3.63, 3.8) is 0 Å². The third kappa shape index (κ3) is 1.98. The zero-order valence-electron chi connectivity index (χ0n) is 7.76. The number of halogens is 1. The Balaban J connectivity index is 3.03. The highest BCUT2D eigenvalue weighted by Gasteiger charge is 2.17. The van der Waals surface area contributed by atoms with E-state index in [0.29, 0.717) is 5.15 Å². The molecule has 1 rings (SSSR count). The molecule has 0 amide bonds. The molecule has 0 atom stereocenters. The van der Waals surface area contributed by atoms with Crippen LogP contribution in [0.25, 0.3) is 0 Å². The van der Waals surface area contributed by atoms with Gasteiger partial charge in [0.1, 0.15) is 5.15 Å². The Morgan fingerprint density at radius 2 is 2.17 bits per heavy atom. The third-order valence-corrected chi connectivity index (χ3v) is 2.60. The van der Waals surface area contributed by atoms with Crippen LogP contribution in [0, 0.1) is 0 Å². The maximum absolute atomic E-state index is 5.80. The number of pyridine rings is 1. The van der Waals surface area contributed by atoms with E-state index in [1.54, 1.807) is 6.20 Å². The van der Waals surface area contributed by atoms with Crippen molar-refractivity contribution in [2.45, 2.75) is 32.6 Å². The fraction of sp³-hybridized carbons (Fsp3) is 0.500. The van der Waals surface area contributed by atoms with Crippen molar-refractivity contribution in [3.8, 4) is 0 Å². The molecule has 0 spiro atoms. The normalized spacial score (nSPS) is 11.7. The molecule has 1 aromatic rings. The van der Waals surface area contributed by atoms with Crippen LogP contribution in [0.15, 0.2) is 18.3 Å². The van der Waals surface area contributed by atoms with Gasteiger partial charge in [-0.05, 0) is 29.5 Å². The molecule has 0 aliphatic heterocycles. The summed E-state index contributed by atoms with van der Waals surface area (Å²) in [6, 6.07) is 3.96. The SMILES string of the molecule is CCC(C)(C)c1ccnc(Cl)c1. The van der Waals surface area contributed by atoms with Crippen molar-refractivity contribution < 1.29 is 0 Å². The fourth-order valence-corrected chi connectivity index (χ4v) is 1.20. The van der Waals surface area contributed by atoms with Crippen LogP contribution in [0.4, 0.5) is 0 Å². The molecule has 1 aromatic heterocycles. The first-order chi connectivity index (χ1) is 5.56. The van der Waals surface area contributed by atoms with Gasteiger partial charge in [0.25, 0.3) is 0 Å². The summed E-state index contributed by atoms with van der Waals surface area (Å²) >= 11 is 5.80. The summed E-state index contributed by atoms with van der Waals surface area (Å²) in [5.41, 5.74) is 1.46. The van der Waals surface area contributed by atoms with Crippen molar-refractivity contribution in [2.75, 3.05) is 0 Å². The summed E-state index contributed by atoms with van der Waals surface area (Å²) in [6.07, 6.45) is 2.86. The van der Waals surface area contributed by atoms with E-state index in [-0.39, 0.29) is 5.41 Å². The lowest BCUT2D eigenvalue weighted by Gasteiger charge is -2.22. The molecule has 66 valence electrons. The van der Waals surface area contributed by atoms with Gasteiger partial charge in [0.15, 0.2) is 0 Å². The van der Waals surface area contributed by atoms with Gasteiger partial charge in [0.2, 0.25) is 0 Å². The molecule has 0 N–H and O–H groups in total. The van der Waals surface area contributed by atoms with E-state index >= 15 is 0 Å². The fourth-order valence-electron chi connectivity index (χ4n) is 1.03. The maximum Gasteiger partial charge on any atom is 0.129 e. The van der Waals surface area contributed by atoms with Gasteiger partial charge in [-0.25, -0.2) is 4.98 Å². The molecule has 0 radical (unpaired) electrons. The Morgan fingerprint density at radius 3 is 2.67 bits per heavy atom. The predicted octanol–water partition coefficient (Wildman–Crippen LogP) is 3.42. The molecule has 1 heterocycles. The molecule has 0 unspecified atom stereocenters. The second kappa shape index (κ2) is 3.44. The molecule has 0 aliphatic rings. The molecule has 0 fully saturated rings. The highest BCUT2D eigenvalue weighted by molar-refractivity contribution is 6.29. The zero-order valence-corrected chi connectivity index (χ0v) is 8.52. The molecule has 0 saturated heterocycles. The summed E-state index contributed by atoms with van der Waals surface area (Å²) in [5, 5.41) is 0.578. The Hall–Kier alpha value is -0.560. The first kappa shape index (κ1) is 9.53. The minimum absolute atomic E-state index is 0.201. The van der Waals surface area contributed by atoms with E-state index in [1.807, 2.05) is 12.1 Å². The van der Waals surface area contributed by atoms with Gasteiger partial charge in [-0.1, -0.05) is 32.4 Å². The van der Waals surface area contributed by atoms with E-state index in [9.17, 15) is 0 Å². The predicted molar refractivity (Wildman–Crippen MR) is 52.6 cm³/mol. The van der Waals surface area contributed by atoms with Crippen LogP contribution in [0.5, 0.6) is 0 Å². The van der Waals surface area contributed by atoms with Crippen LogP contribution in [0.3, 0.4) is 0 Å². The summed E-state index contributed by atoms with van der Waals surface area (Å²) in [5.74, 6) is 0. The van der Waals surface area contributed by atoms with Crippen LogP contribution in [0.1, 0.15) is 32.8 Å². The number of hydrogen-bond donors (Lipinski definition) is 0. The van der Waals surface area contributed by atoms with E-state index in [0.717, 1.165) is 6.42 Å². The number of hydrogen-bond acceptors (Lipinski definition) is 1. The van der Waals surface area contributed by atoms with Crippen LogP contribution in [-0.4, -0.2) is 4.98 Å². The first-order valence-corrected chi connectivity index (χ1v) is 4.56. The van der Waals surface area contributed by atoms with Gasteiger partial charge < -0.3 is 0 Å². The van der Waals surface area contributed by atoms with Crippen LogP contribution >= 0.6 is 11.6 Å². The molecule has 12 heavy (non-hydrogen) atoms. The Labute approximate surface area is 78.8 Å². The van der Waals surface area contributed by atoms with Gasteiger partial charge in [-0.3, -0.25) is 0 Å². The first-order valence-electron chi connectivity index (χ1n) is 4.18. The van der Waals surface area contributed by atoms with Crippen molar-refractivity contribution in [1.82, 2.24) is 4.98 Å². The molecule has 0 aromatic carbocycles. The number of aromatic nitrogens is 1. The van der Waals surface area contributed by atoms with Gasteiger partial charge in [0, 0.05) is 6.20 Å². The minimum Gasteiger partial charge on any atom is -0.245 e. The van der Waals surface area contributed by atoms with Crippen molar-refractivity contribution in [2.24, 2.45) is 0 Å².